The van der Waals surface area contributed by atoms with Gasteiger partial charge >= 0.3 is 0 Å². The van der Waals surface area contributed by atoms with Crippen molar-refractivity contribution in [2.45, 2.75) is 6.43 Å². The average Bonchev–Trinajstić information content (AvgIpc) is 2.45. The van der Waals surface area contributed by atoms with E-state index in [-0.39, 0.29) is 5.69 Å². The smallest absolute Gasteiger partial charge is 0.278 e. The Balaban J connectivity index is 2.74. The van der Waals surface area contributed by atoms with Crippen molar-refractivity contribution >= 4 is 11.0 Å². The van der Waals surface area contributed by atoms with Crippen LogP contribution in [0.15, 0.2) is 24.4 Å². The summed E-state index contributed by atoms with van der Waals surface area (Å²) in [7, 11) is 1.59. The Hall–Kier alpha value is -1.45. The summed E-state index contributed by atoms with van der Waals surface area (Å²) < 4.78 is 26.3. The summed E-state index contributed by atoms with van der Waals surface area (Å²) in [4.78, 5) is 4.01. The van der Waals surface area contributed by atoms with Crippen LogP contribution >= 0.6 is 0 Å². The third-order valence-corrected chi connectivity index (χ3v) is 2.05. The topological polar surface area (TPSA) is 17.8 Å². The highest BCUT2D eigenvalue weighted by Gasteiger charge is 2.14. The lowest BCUT2D eigenvalue weighted by molar-refractivity contribution is 0.143. The van der Waals surface area contributed by atoms with Gasteiger partial charge in [-0.05, 0) is 18.2 Å². The third kappa shape index (κ3) is 1.18. The molecule has 2 heterocycles. The SMILES string of the molecule is Cn1c(C(F)F)cc2cccnc21. The highest BCUT2D eigenvalue weighted by Crippen LogP contribution is 2.24. The van der Waals surface area contributed by atoms with E-state index in [1.807, 2.05) is 0 Å². The molecule has 0 aliphatic heterocycles. The summed E-state index contributed by atoms with van der Waals surface area (Å²) in [5.74, 6) is 0. The van der Waals surface area contributed by atoms with E-state index in [2.05, 4.69) is 4.98 Å². The van der Waals surface area contributed by atoms with Gasteiger partial charge in [0, 0.05) is 18.6 Å². The Kier molecular flexibility index (Phi) is 1.76. The van der Waals surface area contributed by atoms with Gasteiger partial charge in [0.25, 0.3) is 6.43 Å². The standard InChI is InChI=1S/C9H8F2N2/c1-13-7(8(10)11)5-6-3-2-4-12-9(6)13/h2-5,8H,1H3. The molecule has 2 nitrogen and oxygen atoms in total. The minimum absolute atomic E-state index is 0.00806. The van der Waals surface area contributed by atoms with Gasteiger partial charge in [0.05, 0.1) is 5.69 Å². The predicted molar refractivity (Wildman–Crippen MR) is 45.7 cm³/mol. The largest absolute Gasteiger partial charge is 0.328 e. The van der Waals surface area contributed by atoms with E-state index in [9.17, 15) is 8.78 Å². The molecule has 2 aromatic rings. The quantitative estimate of drug-likeness (QED) is 0.662. The maximum absolute atomic E-state index is 12.4. The second-order valence-corrected chi connectivity index (χ2v) is 2.85. The predicted octanol–water partition coefficient (Wildman–Crippen LogP) is 2.51. The highest BCUT2D eigenvalue weighted by atomic mass is 19.3. The molecular weight excluding hydrogens is 174 g/mol. The van der Waals surface area contributed by atoms with E-state index in [0.29, 0.717) is 5.65 Å². The zero-order valence-electron chi connectivity index (χ0n) is 7.04. The van der Waals surface area contributed by atoms with Gasteiger partial charge in [-0.25, -0.2) is 13.8 Å². The zero-order chi connectivity index (χ0) is 9.42. The number of hydrogen-bond acceptors (Lipinski definition) is 1. The number of aromatic nitrogens is 2. The molecule has 0 bridgehead atoms. The first kappa shape index (κ1) is 8.16. The van der Waals surface area contributed by atoms with Crippen LogP contribution in [0.4, 0.5) is 8.78 Å². The molecule has 13 heavy (non-hydrogen) atoms. The first-order valence-electron chi connectivity index (χ1n) is 3.88. The van der Waals surface area contributed by atoms with Crippen LogP contribution in [0.2, 0.25) is 0 Å². The molecule has 0 aromatic carbocycles. The van der Waals surface area contributed by atoms with Gasteiger partial charge in [0.1, 0.15) is 5.65 Å². The molecule has 0 amide bonds. The van der Waals surface area contributed by atoms with Gasteiger partial charge in [-0.15, -0.1) is 0 Å². The summed E-state index contributed by atoms with van der Waals surface area (Å²) in [5.41, 5.74) is 0.603. The number of nitrogens with zero attached hydrogens (tertiary/aromatic N) is 2. The molecule has 68 valence electrons. The molecule has 0 saturated carbocycles. The first-order chi connectivity index (χ1) is 6.20. The maximum Gasteiger partial charge on any atom is 0.278 e. The molecule has 0 saturated heterocycles. The van der Waals surface area contributed by atoms with Crippen LogP contribution in [-0.4, -0.2) is 9.55 Å². The van der Waals surface area contributed by atoms with E-state index < -0.39 is 6.43 Å². The minimum Gasteiger partial charge on any atom is -0.328 e. The number of rotatable bonds is 1. The lowest BCUT2D eigenvalue weighted by Crippen LogP contribution is -1.96. The van der Waals surface area contributed by atoms with Crippen LogP contribution in [-0.2, 0) is 7.05 Å². The zero-order valence-corrected chi connectivity index (χ0v) is 7.04. The highest BCUT2D eigenvalue weighted by molar-refractivity contribution is 5.77. The molecule has 2 aromatic heterocycles. The Morgan fingerprint density at radius 1 is 1.46 bits per heavy atom. The molecule has 0 spiro atoms. The fraction of sp³-hybridized carbons (Fsp3) is 0.222. The molecule has 0 fully saturated rings. The van der Waals surface area contributed by atoms with Crippen LogP contribution < -0.4 is 0 Å². The van der Waals surface area contributed by atoms with Crippen LogP contribution in [0, 0.1) is 0 Å². The summed E-state index contributed by atoms with van der Waals surface area (Å²) in [5, 5.41) is 0.750. The fourth-order valence-electron chi connectivity index (χ4n) is 1.39. The normalized spacial score (nSPS) is 11.4. The van der Waals surface area contributed by atoms with Gasteiger partial charge in [-0.1, -0.05) is 0 Å². The Morgan fingerprint density at radius 3 is 2.85 bits per heavy atom. The summed E-state index contributed by atoms with van der Waals surface area (Å²) in [6.07, 6.45) is -0.850. The summed E-state index contributed by atoms with van der Waals surface area (Å²) in [6.45, 7) is 0. The number of aryl methyl sites for hydroxylation is 1. The van der Waals surface area contributed by atoms with Crippen molar-refractivity contribution in [3.63, 3.8) is 0 Å². The Bertz CT molecular complexity index is 434. The number of hydrogen-bond donors (Lipinski definition) is 0. The molecule has 0 atom stereocenters. The second kappa shape index (κ2) is 2.80. The monoisotopic (exact) mass is 182 g/mol. The first-order valence-corrected chi connectivity index (χ1v) is 3.88. The lowest BCUT2D eigenvalue weighted by atomic mass is 10.3. The molecule has 0 unspecified atom stereocenters. The van der Waals surface area contributed by atoms with Crippen LogP contribution in [0.1, 0.15) is 12.1 Å². The Labute approximate surface area is 73.8 Å². The van der Waals surface area contributed by atoms with Gasteiger partial charge in [-0.2, -0.15) is 0 Å². The van der Waals surface area contributed by atoms with Crippen LogP contribution in [0.5, 0.6) is 0 Å². The van der Waals surface area contributed by atoms with Crippen molar-refractivity contribution in [2.24, 2.45) is 7.05 Å². The van der Waals surface area contributed by atoms with E-state index in [0.717, 1.165) is 5.39 Å². The molecule has 0 aliphatic carbocycles. The summed E-state index contributed by atoms with van der Waals surface area (Å²) in [6, 6.07) is 4.97. The van der Waals surface area contributed by atoms with Gasteiger partial charge in [0.15, 0.2) is 0 Å². The molecule has 0 radical (unpaired) electrons. The van der Waals surface area contributed by atoms with Crippen molar-refractivity contribution in [2.75, 3.05) is 0 Å². The van der Waals surface area contributed by atoms with Gasteiger partial charge in [0.2, 0.25) is 0 Å². The van der Waals surface area contributed by atoms with E-state index in [1.165, 1.54) is 10.6 Å². The molecule has 4 heteroatoms. The number of fused-ring (bicyclic) bond motifs is 1. The minimum atomic E-state index is -2.45. The fourth-order valence-corrected chi connectivity index (χ4v) is 1.39. The van der Waals surface area contributed by atoms with E-state index >= 15 is 0 Å². The van der Waals surface area contributed by atoms with Crippen molar-refractivity contribution in [3.05, 3.63) is 30.1 Å². The lowest BCUT2D eigenvalue weighted by Gasteiger charge is -2.00. The molecule has 0 aliphatic rings. The second-order valence-electron chi connectivity index (χ2n) is 2.85. The van der Waals surface area contributed by atoms with E-state index in [1.54, 1.807) is 25.4 Å². The van der Waals surface area contributed by atoms with Crippen LogP contribution in [0.3, 0.4) is 0 Å². The molecule has 2 rings (SSSR count). The van der Waals surface area contributed by atoms with E-state index in [4.69, 9.17) is 0 Å². The van der Waals surface area contributed by atoms with Crippen molar-refractivity contribution < 1.29 is 8.78 Å². The Morgan fingerprint density at radius 2 is 2.23 bits per heavy atom. The van der Waals surface area contributed by atoms with Crippen LogP contribution in [0.25, 0.3) is 11.0 Å². The number of halogens is 2. The summed E-state index contributed by atoms with van der Waals surface area (Å²) >= 11 is 0. The van der Waals surface area contributed by atoms with Crippen molar-refractivity contribution in [1.82, 2.24) is 9.55 Å². The maximum atomic E-state index is 12.4. The average molecular weight is 182 g/mol. The number of pyridine rings is 1. The van der Waals surface area contributed by atoms with Gasteiger partial charge < -0.3 is 4.57 Å². The van der Waals surface area contributed by atoms with Crippen molar-refractivity contribution in [1.29, 1.82) is 0 Å². The molecular formula is C9H8F2N2. The molecule has 0 N–H and O–H groups in total. The number of alkyl halides is 2. The van der Waals surface area contributed by atoms with Gasteiger partial charge in [-0.3, -0.25) is 0 Å². The van der Waals surface area contributed by atoms with Crippen molar-refractivity contribution in [3.8, 4) is 0 Å². The third-order valence-electron chi connectivity index (χ3n) is 2.05.